The van der Waals surface area contributed by atoms with E-state index in [1.165, 1.54) is 11.3 Å². The van der Waals surface area contributed by atoms with Gasteiger partial charge in [-0.2, -0.15) is 0 Å². The van der Waals surface area contributed by atoms with E-state index in [0.717, 1.165) is 37.2 Å². The third-order valence-corrected chi connectivity index (χ3v) is 5.60. The fraction of sp³-hybridized carbons (Fsp3) is 0.381. The molecule has 0 aromatic carbocycles. The van der Waals surface area contributed by atoms with Crippen molar-refractivity contribution in [3.63, 3.8) is 0 Å². The Morgan fingerprint density at radius 1 is 1.17 bits per heavy atom. The molecule has 3 aromatic heterocycles. The quantitative estimate of drug-likeness (QED) is 0.698. The first-order valence-electron chi connectivity index (χ1n) is 9.71. The minimum Gasteiger partial charge on any atom is -0.341 e. The zero-order valence-electron chi connectivity index (χ0n) is 16.8. The summed E-state index contributed by atoms with van der Waals surface area (Å²) in [5.41, 5.74) is 2.66. The molecule has 3 aromatic rings. The Kier molecular flexibility index (Phi) is 5.27. The molecule has 1 amide bonds. The maximum atomic E-state index is 13.0. The van der Waals surface area contributed by atoms with Crippen LogP contribution in [0.3, 0.4) is 0 Å². The van der Waals surface area contributed by atoms with Gasteiger partial charge in [-0.15, -0.1) is 11.3 Å². The lowest BCUT2D eigenvalue weighted by molar-refractivity contribution is 0.102. The predicted molar refractivity (Wildman–Crippen MR) is 115 cm³/mol. The number of hydrogen-bond donors (Lipinski definition) is 1. The van der Waals surface area contributed by atoms with Crippen molar-refractivity contribution in [1.82, 2.24) is 19.9 Å². The number of hydrogen-bond acceptors (Lipinski definition) is 7. The van der Waals surface area contributed by atoms with Crippen LogP contribution in [0.5, 0.6) is 0 Å². The molecule has 1 N–H and O–H groups in total. The summed E-state index contributed by atoms with van der Waals surface area (Å²) >= 11 is 1.42. The van der Waals surface area contributed by atoms with Crippen LogP contribution in [-0.2, 0) is 5.41 Å². The summed E-state index contributed by atoms with van der Waals surface area (Å²) in [6.07, 6.45) is 7.29. The van der Waals surface area contributed by atoms with Crippen LogP contribution in [0.15, 0.2) is 36.1 Å². The van der Waals surface area contributed by atoms with Crippen molar-refractivity contribution < 1.29 is 4.79 Å². The van der Waals surface area contributed by atoms with Gasteiger partial charge in [-0.05, 0) is 25.0 Å². The number of aromatic nitrogens is 4. The first kappa shape index (κ1) is 19.4. The predicted octanol–water partition coefficient (Wildman–Crippen LogP) is 4.15. The van der Waals surface area contributed by atoms with Gasteiger partial charge in [-0.3, -0.25) is 15.1 Å². The van der Waals surface area contributed by atoms with Crippen LogP contribution in [0, 0.1) is 0 Å². The number of anilines is 2. The van der Waals surface area contributed by atoms with E-state index in [0.29, 0.717) is 22.3 Å². The second kappa shape index (κ2) is 7.87. The molecular formula is C21H24N6OS. The van der Waals surface area contributed by atoms with Crippen molar-refractivity contribution in [3.8, 4) is 11.3 Å². The number of carbonyl (C=O) groups is 1. The highest BCUT2D eigenvalue weighted by Gasteiger charge is 2.22. The number of pyridine rings is 1. The van der Waals surface area contributed by atoms with Crippen molar-refractivity contribution in [2.45, 2.75) is 39.0 Å². The lowest BCUT2D eigenvalue weighted by Crippen LogP contribution is -2.22. The molecule has 0 unspecified atom stereocenters. The van der Waals surface area contributed by atoms with E-state index >= 15 is 0 Å². The Hall–Kier alpha value is -2.87. The van der Waals surface area contributed by atoms with Gasteiger partial charge in [0.15, 0.2) is 5.13 Å². The molecule has 0 aliphatic carbocycles. The van der Waals surface area contributed by atoms with E-state index in [2.05, 4.69) is 45.9 Å². The Labute approximate surface area is 174 Å². The van der Waals surface area contributed by atoms with Crippen LogP contribution < -0.4 is 10.2 Å². The summed E-state index contributed by atoms with van der Waals surface area (Å²) in [5, 5.41) is 5.45. The third kappa shape index (κ3) is 4.27. The molecular weight excluding hydrogens is 384 g/mol. The lowest BCUT2D eigenvalue weighted by Gasteiger charge is -2.17. The summed E-state index contributed by atoms with van der Waals surface area (Å²) in [6, 6.07) is 3.74. The van der Waals surface area contributed by atoms with Gasteiger partial charge in [0.25, 0.3) is 5.91 Å². The van der Waals surface area contributed by atoms with Crippen LogP contribution in [0.25, 0.3) is 11.3 Å². The molecule has 1 fully saturated rings. The number of amides is 1. The Bertz CT molecular complexity index is 1010. The highest BCUT2D eigenvalue weighted by Crippen LogP contribution is 2.28. The maximum absolute atomic E-state index is 13.0. The van der Waals surface area contributed by atoms with E-state index in [1.54, 1.807) is 18.6 Å². The normalized spacial score (nSPS) is 14.2. The highest BCUT2D eigenvalue weighted by molar-refractivity contribution is 7.14. The summed E-state index contributed by atoms with van der Waals surface area (Å²) in [4.78, 5) is 33.1. The Balaban J connectivity index is 1.66. The average Bonchev–Trinajstić information content (AvgIpc) is 3.40. The maximum Gasteiger partial charge on any atom is 0.261 e. The molecule has 29 heavy (non-hydrogen) atoms. The second-order valence-corrected chi connectivity index (χ2v) is 8.97. The molecule has 1 aliphatic rings. The molecule has 0 atom stereocenters. The van der Waals surface area contributed by atoms with E-state index in [4.69, 9.17) is 4.98 Å². The minimum atomic E-state index is -0.272. The highest BCUT2D eigenvalue weighted by atomic mass is 32.1. The van der Waals surface area contributed by atoms with Crippen LogP contribution in [-0.4, -0.2) is 38.9 Å². The zero-order valence-corrected chi connectivity index (χ0v) is 17.7. The molecule has 1 saturated heterocycles. The van der Waals surface area contributed by atoms with Gasteiger partial charge in [0.1, 0.15) is 0 Å². The number of nitrogens with one attached hydrogen (secondary N) is 1. The molecule has 7 nitrogen and oxygen atoms in total. The summed E-state index contributed by atoms with van der Waals surface area (Å²) in [5.74, 6) is 0.383. The van der Waals surface area contributed by atoms with E-state index < -0.39 is 0 Å². The van der Waals surface area contributed by atoms with Gasteiger partial charge in [0.2, 0.25) is 5.95 Å². The van der Waals surface area contributed by atoms with Gasteiger partial charge in [-0.1, -0.05) is 20.8 Å². The number of nitrogens with zero attached hydrogens (tertiary/aromatic N) is 5. The Morgan fingerprint density at radius 2 is 1.97 bits per heavy atom. The van der Waals surface area contributed by atoms with Gasteiger partial charge in [0, 0.05) is 48.0 Å². The number of carbonyl (C=O) groups excluding carboxylic acids is 1. The molecule has 4 rings (SSSR count). The molecule has 4 heterocycles. The standard InChI is InChI=1S/C21H24N6OS/c1-21(2,3)16-13-29-20(24-16)26-18(28)15-12-23-19(27-9-4-5-10-27)25-17(15)14-7-6-8-22-11-14/h6-8,11-13H,4-5,9-10H2,1-3H3,(H,24,26,28). The van der Waals surface area contributed by atoms with Gasteiger partial charge >= 0.3 is 0 Å². The molecule has 0 saturated carbocycles. The van der Waals surface area contributed by atoms with E-state index in [1.807, 2.05) is 17.5 Å². The Morgan fingerprint density at radius 3 is 2.62 bits per heavy atom. The van der Waals surface area contributed by atoms with Crippen LogP contribution >= 0.6 is 11.3 Å². The van der Waals surface area contributed by atoms with Crippen LogP contribution in [0.4, 0.5) is 11.1 Å². The smallest absolute Gasteiger partial charge is 0.261 e. The average molecular weight is 409 g/mol. The van der Waals surface area contributed by atoms with Gasteiger partial charge < -0.3 is 4.90 Å². The molecule has 0 radical (unpaired) electrons. The topological polar surface area (TPSA) is 83.9 Å². The number of thiazole rings is 1. The van der Waals surface area contributed by atoms with Crippen molar-refractivity contribution in [2.75, 3.05) is 23.3 Å². The van der Waals surface area contributed by atoms with Crippen molar-refractivity contribution >= 4 is 28.3 Å². The van der Waals surface area contributed by atoms with Crippen LogP contribution in [0.2, 0.25) is 0 Å². The fourth-order valence-electron chi connectivity index (χ4n) is 3.17. The largest absolute Gasteiger partial charge is 0.341 e. The lowest BCUT2D eigenvalue weighted by atomic mass is 9.93. The molecule has 0 bridgehead atoms. The van der Waals surface area contributed by atoms with Crippen LogP contribution in [0.1, 0.15) is 49.7 Å². The van der Waals surface area contributed by atoms with E-state index in [9.17, 15) is 4.79 Å². The number of rotatable bonds is 4. The molecule has 0 spiro atoms. The van der Waals surface area contributed by atoms with Crippen molar-refractivity contribution in [2.24, 2.45) is 0 Å². The SMILES string of the molecule is CC(C)(C)c1csc(NC(=O)c2cnc(N3CCCC3)nc2-c2cccnc2)n1. The zero-order chi connectivity index (χ0) is 20.4. The van der Waals surface area contributed by atoms with E-state index in [-0.39, 0.29) is 11.3 Å². The molecule has 150 valence electrons. The summed E-state index contributed by atoms with van der Waals surface area (Å²) in [6.45, 7) is 8.16. The first-order chi connectivity index (χ1) is 13.9. The fourth-order valence-corrected chi connectivity index (χ4v) is 4.10. The summed E-state index contributed by atoms with van der Waals surface area (Å²) < 4.78 is 0. The molecule has 1 aliphatic heterocycles. The van der Waals surface area contributed by atoms with Crippen molar-refractivity contribution in [3.05, 3.63) is 47.4 Å². The summed E-state index contributed by atoms with van der Waals surface area (Å²) in [7, 11) is 0. The van der Waals surface area contributed by atoms with Gasteiger partial charge in [0.05, 0.1) is 17.0 Å². The van der Waals surface area contributed by atoms with Crippen molar-refractivity contribution in [1.29, 1.82) is 0 Å². The second-order valence-electron chi connectivity index (χ2n) is 8.11. The third-order valence-electron chi connectivity index (χ3n) is 4.84. The molecule has 8 heteroatoms. The minimum absolute atomic E-state index is 0.0686. The monoisotopic (exact) mass is 408 g/mol. The first-order valence-corrected chi connectivity index (χ1v) is 10.6. The van der Waals surface area contributed by atoms with Gasteiger partial charge in [-0.25, -0.2) is 15.0 Å².